The minimum Gasteiger partial charge on any atom is -0.271 e. The first-order valence-corrected chi connectivity index (χ1v) is 6.97. The highest BCUT2D eigenvalue weighted by atomic mass is 35.5. The monoisotopic (exact) mass is 273 g/mol. The van der Waals surface area contributed by atoms with Crippen LogP contribution in [-0.4, -0.2) is 21.5 Å². The van der Waals surface area contributed by atoms with Gasteiger partial charge in [0.25, 0.3) is 0 Å². The molecule has 1 aromatic heterocycles. The summed E-state index contributed by atoms with van der Waals surface area (Å²) in [6.07, 6.45) is 4.24. The third kappa shape index (κ3) is 5.73. The number of hydrogen-bond acceptors (Lipinski definition) is 4. The molecular weight excluding hydrogens is 254 g/mol. The molecule has 0 radical (unpaired) electrons. The molecule has 5 heteroatoms. The lowest BCUT2D eigenvalue weighted by Crippen LogP contribution is -2.39. The highest BCUT2D eigenvalue weighted by Crippen LogP contribution is 2.25. The van der Waals surface area contributed by atoms with Gasteiger partial charge < -0.3 is 0 Å². The second-order valence-electron chi connectivity index (χ2n) is 4.96. The van der Waals surface area contributed by atoms with Gasteiger partial charge in [-0.3, -0.25) is 16.3 Å². The SMILES string of the molecule is CC(C)(C)SCC(Cc1ccncc1Cl)NN. The van der Waals surface area contributed by atoms with E-state index in [4.69, 9.17) is 17.4 Å². The Morgan fingerprint density at radius 1 is 1.53 bits per heavy atom. The maximum atomic E-state index is 6.08. The molecule has 1 atom stereocenters. The normalized spacial score (nSPS) is 13.7. The largest absolute Gasteiger partial charge is 0.271 e. The molecule has 0 spiro atoms. The fraction of sp³-hybridized carbons (Fsp3) is 0.583. The Hall–Kier alpha value is -0.290. The summed E-state index contributed by atoms with van der Waals surface area (Å²) >= 11 is 7.97. The number of pyridine rings is 1. The zero-order valence-electron chi connectivity index (χ0n) is 10.5. The predicted octanol–water partition coefficient (Wildman–Crippen LogP) is 2.64. The van der Waals surface area contributed by atoms with E-state index in [-0.39, 0.29) is 10.8 Å². The number of hydrazine groups is 1. The van der Waals surface area contributed by atoms with Gasteiger partial charge in [-0.15, -0.1) is 0 Å². The average molecular weight is 274 g/mol. The summed E-state index contributed by atoms with van der Waals surface area (Å²) in [7, 11) is 0. The number of nitrogens with zero attached hydrogens (tertiary/aromatic N) is 1. The van der Waals surface area contributed by atoms with Crippen LogP contribution >= 0.6 is 23.4 Å². The number of halogens is 1. The van der Waals surface area contributed by atoms with Gasteiger partial charge in [0.1, 0.15) is 0 Å². The molecule has 96 valence electrons. The minimum absolute atomic E-state index is 0.221. The summed E-state index contributed by atoms with van der Waals surface area (Å²) in [6, 6.07) is 2.16. The number of rotatable bonds is 5. The molecule has 0 amide bonds. The Bertz CT molecular complexity index is 352. The first-order chi connectivity index (χ1) is 7.92. The van der Waals surface area contributed by atoms with Crippen LogP contribution in [0.1, 0.15) is 26.3 Å². The van der Waals surface area contributed by atoms with Crippen LogP contribution in [0.5, 0.6) is 0 Å². The van der Waals surface area contributed by atoms with Crippen LogP contribution in [0.2, 0.25) is 5.02 Å². The lowest BCUT2D eigenvalue weighted by atomic mass is 10.1. The van der Waals surface area contributed by atoms with Gasteiger partial charge in [-0.05, 0) is 18.1 Å². The predicted molar refractivity (Wildman–Crippen MR) is 76.3 cm³/mol. The third-order valence-electron chi connectivity index (χ3n) is 2.28. The van der Waals surface area contributed by atoms with Crippen molar-refractivity contribution >= 4 is 23.4 Å². The highest BCUT2D eigenvalue weighted by molar-refractivity contribution is 8.00. The van der Waals surface area contributed by atoms with Gasteiger partial charge in [-0.1, -0.05) is 32.4 Å². The fourth-order valence-corrected chi connectivity index (χ4v) is 2.46. The minimum atomic E-state index is 0.221. The van der Waals surface area contributed by atoms with E-state index in [1.807, 2.05) is 17.8 Å². The van der Waals surface area contributed by atoms with E-state index < -0.39 is 0 Å². The molecule has 0 saturated heterocycles. The molecule has 0 aromatic carbocycles. The van der Waals surface area contributed by atoms with Gasteiger partial charge in [0.2, 0.25) is 0 Å². The Morgan fingerprint density at radius 3 is 2.76 bits per heavy atom. The lowest BCUT2D eigenvalue weighted by Gasteiger charge is -2.22. The van der Waals surface area contributed by atoms with Gasteiger partial charge in [0.15, 0.2) is 0 Å². The molecule has 0 aliphatic heterocycles. The molecule has 17 heavy (non-hydrogen) atoms. The van der Waals surface area contributed by atoms with Crippen molar-refractivity contribution in [3.05, 3.63) is 29.0 Å². The Balaban J connectivity index is 2.56. The van der Waals surface area contributed by atoms with Crippen molar-refractivity contribution in [2.24, 2.45) is 5.84 Å². The number of aromatic nitrogens is 1. The summed E-state index contributed by atoms with van der Waals surface area (Å²) < 4.78 is 0.247. The average Bonchev–Trinajstić information content (AvgIpc) is 2.25. The summed E-state index contributed by atoms with van der Waals surface area (Å²) in [4.78, 5) is 3.97. The second kappa shape index (κ2) is 6.59. The molecule has 3 nitrogen and oxygen atoms in total. The van der Waals surface area contributed by atoms with Crippen LogP contribution in [0, 0.1) is 0 Å². The Labute approximate surface area is 112 Å². The number of nitrogens with one attached hydrogen (secondary N) is 1. The van der Waals surface area contributed by atoms with E-state index in [0.717, 1.165) is 17.7 Å². The second-order valence-corrected chi connectivity index (χ2v) is 7.21. The van der Waals surface area contributed by atoms with E-state index in [9.17, 15) is 0 Å². The number of hydrogen-bond donors (Lipinski definition) is 2. The van der Waals surface area contributed by atoms with E-state index in [0.29, 0.717) is 5.02 Å². The first-order valence-electron chi connectivity index (χ1n) is 5.61. The summed E-state index contributed by atoms with van der Waals surface area (Å²) in [5, 5.41) is 0.702. The molecular formula is C12H20ClN3S. The summed E-state index contributed by atoms with van der Waals surface area (Å²) in [5.41, 5.74) is 3.93. The molecule has 0 aliphatic rings. The maximum Gasteiger partial charge on any atom is 0.0621 e. The zero-order valence-corrected chi connectivity index (χ0v) is 12.1. The van der Waals surface area contributed by atoms with Crippen molar-refractivity contribution in [3.8, 4) is 0 Å². The van der Waals surface area contributed by atoms with Gasteiger partial charge in [-0.2, -0.15) is 11.8 Å². The van der Waals surface area contributed by atoms with E-state index in [1.165, 1.54) is 0 Å². The van der Waals surface area contributed by atoms with Crippen molar-refractivity contribution in [3.63, 3.8) is 0 Å². The lowest BCUT2D eigenvalue weighted by molar-refractivity contribution is 0.573. The molecule has 0 saturated carbocycles. The zero-order chi connectivity index (χ0) is 12.9. The fourth-order valence-electron chi connectivity index (χ4n) is 1.35. The van der Waals surface area contributed by atoms with Crippen LogP contribution in [-0.2, 0) is 6.42 Å². The van der Waals surface area contributed by atoms with Crippen molar-refractivity contribution in [2.45, 2.75) is 38.0 Å². The maximum absolute atomic E-state index is 6.08. The molecule has 0 fully saturated rings. The van der Waals surface area contributed by atoms with E-state index >= 15 is 0 Å². The van der Waals surface area contributed by atoms with Gasteiger partial charge in [0, 0.05) is 28.9 Å². The van der Waals surface area contributed by atoms with Crippen LogP contribution < -0.4 is 11.3 Å². The van der Waals surface area contributed by atoms with Crippen LogP contribution in [0.3, 0.4) is 0 Å². The number of thioether (sulfide) groups is 1. The molecule has 1 heterocycles. The summed E-state index contributed by atoms with van der Waals surface area (Å²) in [5.74, 6) is 6.53. The Kier molecular flexibility index (Phi) is 5.73. The quantitative estimate of drug-likeness (QED) is 0.640. The highest BCUT2D eigenvalue weighted by Gasteiger charge is 2.16. The third-order valence-corrected chi connectivity index (χ3v) is 4.05. The van der Waals surface area contributed by atoms with E-state index in [2.05, 4.69) is 31.2 Å². The van der Waals surface area contributed by atoms with Crippen LogP contribution in [0.25, 0.3) is 0 Å². The van der Waals surface area contributed by atoms with Gasteiger partial charge in [-0.25, -0.2) is 0 Å². The Morgan fingerprint density at radius 2 is 2.24 bits per heavy atom. The molecule has 1 rings (SSSR count). The molecule has 3 N–H and O–H groups in total. The topological polar surface area (TPSA) is 50.9 Å². The standard InChI is InChI=1S/C12H20ClN3S/c1-12(2,3)17-8-10(16-14)6-9-4-5-15-7-11(9)13/h4-5,7,10,16H,6,8,14H2,1-3H3. The van der Waals surface area contributed by atoms with Crippen molar-refractivity contribution in [2.75, 3.05) is 5.75 Å². The van der Waals surface area contributed by atoms with Gasteiger partial charge >= 0.3 is 0 Å². The summed E-state index contributed by atoms with van der Waals surface area (Å²) in [6.45, 7) is 6.60. The van der Waals surface area contributed by atoms with Crippen molar-refractivity contribution < 1.29 is 0 Å². The van der Waals surface area contributed by atoms with E-state index in [1.54, 1.807) is 12.4 Å². The van der Waals surface area contributed by atoms with Crippen molar-refractivity contribution in [1.29, 1.82) is 0 Å². The first kappa shape index (κ1) is 14.8. The van der Waals surface area contributed by atoms with Gasteiger partial charge in [0.05, 0.1) is 5.02 Å². The van der Waals surface area contributed by atoms with Crippen LogP contribution in [0.15, 0.2) is 18.5 Å². The van der Waals surface area contributed by atoms with Crippen molar-refractivity contribution in [1.82, 2.24) is 10.4 Å². The molecule has 1 unspecified atom stereocenters. The number of nitrogens with two attached hydrogens (primary N) is 1. The smallest absolute Gasteiger partial charge is 0.0621 e. The van der Waals surface area contributed by atoms with Crippen LogP contribution in [0.4, 0.5) is 0 Å². The molecule has 0 aliphatic carbocycles. The molecule has 1 aromatic rings. The molecule has 0 bridgehead atoms.